The van der Waals surface area contributed by atoms with Gasteiger partial charge in [0.15, 0.2) is 23.1 Å². The monoisotopic (exact) mass is 507 g/mol. The lowest BCUT2D eigenvalue weighted by molar-refractivity contribution is 0.355. The molecular formula is C22H23ClFN5O4S. The van der Waals surface area contributed by atoms with Crippen LogP contribution in [0.2, 0.25) is 5.02 Å². The van der Waals surface area contributed by atoms with Crippen LogP contribution in [0.1, 0.15) is 18.4 Å². The Balaban J connectivity index is 1.53. The number of halogens is 2. The van der Waals surface area contributed by atoms with Crippen LogP contribution in [0.15, 0.2) is 36.5 Å². The Morgan fingerprint density at radius 2 is 1.85 bits per heavy atom. The van der Waals surface area contributed by atoms with Crippen LogP contribution in [0.25, 0.3) is 0 Å². The highest BCUT2D eigenvalue weighted by atomic mass is 35.5. The lowest BCUT2D eigenvalue weighted by Crippen LogP contribution is -2.17. The zero-order valence-corrected chi connectivity index (χ0v) is 20.2. The van der Waals surface area contributed by atoms with Crippen molar-refractivity contribution in [2.45, 2.75) is 25.0 Å². The molecule has 0 spiro atoms. The number of rotatable bonds is 9. The van der Waals surface area contributed by atoms with E-state index in [2.05, 4.69) is 25.3 Å². The molecule has 0 amide bonds. The molecule has 1 aromatic heterocycles. The second kappa shape index (κ2) is 9.51. The zero-order chi connectivity index (χ0) is 24.5. The van der Waals surface area contributed by atoms with Crippen LogP contribution in [0.3, 0.4) is 0 Å². The van der Waals surface area contributed by atoms with Crippen molar-refractivity contribution in [1.29, 1.82) is 0 Å². The molecule has 0 saturated heterocycles. The first-order valence-electron chi connectivity index (χ1n) is 10.3. The van der Waals surface area contributed by atoms with Gasteiger partial charge in [-0.25, -0.2) is 17.8 Å². The molecule has 0 unspecified atom stereocenters. The first-order valence-corrected chi connectivity index (χ1v) is 12.2. The van der Waals surface area contributed by atoms with E-state index in [1.165, 1.54) is 14.2 Å². The maximum atomic E-state index is 14.4. The molecule has 1 saturated carbocycles. The summed E-state index contributed by atoms with van der Waals surface area (Å²) in [5, 5.41) is 5.89. The second-order valence-electron chi connectivity index (χ2n) is 7.71. The number of nitrogens with one attached hydrogen (secondary N) is 3. The van der Waals surface area contributed by atoms with Gasteiger partial charge in [-0.05, 0) is 49.6 Å². The van der Waals surface area contributed by atoms with Crippen molar-refractivity contribution in [2.75, 3.05) is 29.6 Å². The fourth-order valence-electron chi connectivity index (χ4n) is 3.26. The van der Waals surface area contributed by atoms with E-state index in [0.29, 0.717) is 52.0 Å². The summed E-state index contributed by atoms with van der Waals surface area (Å²) in [6.45, 7) is 1.78. The summed E-state index contributed by atoms with van der Waals surface area (Å²) >= 11 is 6.23. The number of ether oxygens (including phenoxy) is 2. The summed E-state index contributed by atoms with van der Waals surface area (Å²) < 4.78 is 51.8. The van der Waals surface area contributed by atoms with Crippen LogP contribution in [0, 0.1) is 12.7 Å². The number of anilines is 5. The average Bonchev–Trinajstić information content (AvgIpc) is 3.63. The van der Waals surface area contributed by atoms with Gasteiger partial charge in [0.1, 0.15) is 0 Å². The van der Waals surface area contributed by atoms with Gasteiger partial charge < -0.3 is 20.1 Å². The van der Waals surface area contributed by atoms with E-state index in [4.69, 9.17) is 21.1 Å². The van der Waals surface area contributed by atoms with Gasteiger partial charge in [0, 0.05) is 23.1 Å². The van der Waals surface area contributed by atoms with E-state index in [9.17, 15) is 12.8 Å². The molecule has 0 atom stereocenters. The van der Waals surface area contributed by atoms with E-state index in [0.717, 1.165) is 6.20 Å². The third kappa shape index (κ3) is 5.26. The molecule has 4 rings (SSSR count). The highest BCUT2D eigenvalue weighted by Crippen LogP contribution is 2.38. The van der Waals surface area contributed by atoms with Crippen molar-refractivity contribution >= 4 is 50.5 Å². The summed E-state index contributed by atoms with van der Waals surface area (Å²) in [4.78, 5) is 8.18. The lowest BCUT2D eigenvalue weighted by atomic mass is 10.2. The summed E-state index contributed by atoms with van der Waals surface area (Å²) in [6, 6.07) is 8.19. The number of hydrogen-bond acceptors (Lipinski definition) is 8. The van der Waals surface area contributed by atoms with Crippen LogP contribution in [0.5, 0.6) is 11.5 Å². The third-order valence-electron chi connectivity index (χ3n) is 5.14. The van der Waals surface area contributed by atoms with Crippen molar-refractivity contribution in [1.82, 2.24) is 9.97 Å². The standard InChI is InChI=1S/C22H23ClFN5O4S/c1-12-8-13(29-34(30,31)15-5-6-15)4-7-18(12)27-21-17(24)11-25-22(28-21)26-14-9-16(23)20(33-3)19(10-14)32-2/h4,7-11,15,29H,5-6H2,1-3H3,(H2,25,26,27,28). The van der Waals surface area contributed by atoms with Gasteiger partial charge in [-0.3, -0.25) is 4.72 Å². The predicted molar refractivity (Wildman–Crippen MR) is 130 cm³/mol. The molecule has 0 radical (unpaired) electrons. The number of aromatic nitrogens is 2. The molecule has 0 bridgehead atoms. The largest absolute Gasteiger partial charge is 0.493 e. The summed E-state index contributed by atoms with van der Waals surface area (Å²) in [5.74, 6) is 0.201. The van der Waals surface area contributed by atoms with Gasteiger partial charge in [-0.15, -0.1) is 0 Å². The molecule has 180 valence electrons. The fourth-order valence-corrected chi connectivity index (χ4v) is 4.92. The van der Waals surface area contributed by atoms with Gasteiger partial charge in [-0.1, -0.05) is 11.6 Å². The van der Waals surface area contributed by atoms with E-state index in [1.54, 1.807) is 37.3 Å². The molecule has 12 heteroatoms. The van der Waals surface area contributed by atoms with Crippen LogP contribution in [-0.4, -0.2) is 37.9 Å². The van der Waals surface area contributed by atoms with Crippen LogP contribution in [0.4, 0.5) is 33.2 Å². The number of benzene rings is 2. The Kier molecular flexibility index (Phi) is 6.67. The minimum Gasteiger partial charge on any atom is -0.493 e. The lowest BCUT2D eigenvalue weighted by Gasteiger charge is -2.14. The number of aryl methyl sites for hydroxylation is 1. The molecule has 9 nitrogen and oxygen atoms in total. The van der Waals surface area contributed by atoms with Gasteiger partial charge in [0.2, 0.25) is 16.0 Å². The van der Waals surface area contributed by atoms with Crippen LogP contribution in [-0.2, 0) is 10.0 Å². The van der Waals surface area contributed by atoms with Crippen LogP contribution < -0.4 is 24.8 Å². The summed E-state index contributed by atoms with van der Waals surface area (Å²) in [5.41, 5.74) is 2.23. The minimum atomic E-state index is -3.37. The molecule has 1 aliphatic carbocycles. The number of hydrogen-bond donors (Lipinski definition) is 3. The van der Waals surface area contributed by atoms with Crippen molar-refractivity contribution in [3.8, 4) is 11.5 Å². The molecule has 1 fully saturated rings. The third-order valence-corrected chi connectivity index (χ3v) is 7.29. The molecule has 0 aliphatic heterocycles. The Hall–Kier alpha value is -3.31. The van der Waals surface area contributed by atoms with Crippen molar-refractivity contribution in [3.05, 3.63) is 52.9 Å². The van der Waals surface area contributed by atoms with Crippen LogP contribution >= 0.6 is 11.6 Å². The van der Waals surface area contributed by atoms with Crippen molar-refractivity contribution < 1.29 is 22.3 Å². The van der Waals surface area contributed by atoms with Gasteiger partial charge >= 0.3 is 0 Å². The quantitative estimate of drug-likeness (QED) is 0.371. The fraction of sp³-hybridized carbons (Fsp3) is 0.273. The maximum absolute atomic E-state index is 14.4. The topological polar surface area (TPSA) is 114 Å². The van der Waals surface area contributed by atoms with Gasteiger partial charge in [-0.2, -0.15) is 4.98 Å². The normalized spacial score (nSPS) is 13.3. The highest BCUT2D eigenvalue weighted by molar-refractivity contribution is 7.93. The predicted octanol–water partition coefficient (Wildman–Crippen LogP) is 4.99. The highest BCUT2D eigenvalue weighted by Gasteiger charge is 2.35. The summed E-state index contributed by atoms with van der Waals surface area (Å²) in [7, 11) is -0.403. The van der Waals surface area contributed by atoms with E-state index in [-0.39, 0.29) is 17.0 Å². The molecule has 3 N–H and O–H groups in total. The SMILES string of the molecule is COc1cc(Nc2ncc(F)c(Nc3ccc(NS(=O)(=O)C4CC4)cc3C)n2)cc(Cl)c1OC. The Bertz CT molecular complexity index is 1340. The average molecular weight is 508 g/mol. The maximum Gasteiger partial charge on any atom is 0.235 e. The molecule has 3 aromatic rings. The number of methoxy groups -OCH3 is 2. The molecule has 1 heterocycles. The smallest absolute Gasteiger partial charge is 0.235 e. The zero-order valence-electron chi connectivity index (χ0n) is 18.6. The minimum absolute atomic E-state index is 0.0570. The molecule has 1 aliphatic rings. The molecule has 2 aromatic carbocycles. The van der Waals surface area contributed by atoms with Crippen molar-refractivity contribution in [3.63, 3.8) is 0 Å². The van der Waals surface area contributed by atoms with Gasteiger partial charge in [0.25, 0.3) is 0 Å². The number of sulfonamides is 1. The Labute approximate surface area is 201 Å². The first-order chi connectivity index (χ1) is 16.2. The number of nitrogens with zero attached hydrogens (tertiary/aromatic N) is 2. The van der Waals surface area contributed by atoms with E-state index in [1.807, 2.05) is 0 Å². The Morgan fingerprint density at radius 1 is 1.09 bits per heavy atom. The summed E-state index contributed by atoms with van der Waals surface area (Å²) in [6.07, 6.45) is 2.38. The van der Waals surface area contributed by atoms with E-state index >= 15 is 0 Å². The van der Waals surface area contributed by atoms with E-state index < -0.39 is 15.8 Å². The molecular weight excluding hydrogens is 485 g/mol. The second-order valence-corrected chi connectivity index (χ2v) is 10.1. The molecule has 34 heavy (non-hydrogen) atoms. The Morgan fingerprint density at radius 3 is 2.50 bits per heavy atom. The van der Waals surface area contributed by atoms with Crippen molar-refractivity contribution in [2.24, 2.45) is 0 Å². The van der Waals surface area contributed by atoms with Gasteiger partial charge in [0.05, 0.1) is 30.7 Å². The first kappa shape index (κ1) is 23.8.